The van der Waals surface area contributed by atoms with E-state index >= 15 is 0 Å². The molecule has 0 aliphatic carbocycles. The molecule has 2 nitrogen and oxygen atoms in total. The minimum Gasteiger partial charge on any atom is -0.311 e. The van der Waals surface area contributed by atoms with Crippen molar-refractivity contribution in [3.05, 3.63) is 12.2 Å². The summed E-state index contributed by atoms with van der Waals surface area (Å²) in [6.07, 6.45) is 5.15. The van der Waals surface area contributed by atoms with Crippen molar-refractivity contribution in [2.75, 3.05) is 26.2 Å². The normalized spacial score (nSPS) is 11.4. The van der Waals surface area contributed by atoms with E-state index in [0.717, 1.165) is 13.1 Å². The number of nitrogens with one attached hydrogen (secondary N) is 1. The molecular weight excluding hydrogens is 208 g/mol. The highest BCUT2D eigenvalue weighted by Crippen LogP contribution is 2.02. The lowest BCUT2D eigenvalue weighted by Crippen LogP contribution is -2.32. The summed E-state index contributed by atoms with van der Waals surface area (Å²) in [5, 5.41) is 3.44. The van der Waals surface area contributed by atoms with Gasteiger partial charge in [0.25, 0.3) is 0 Å². The molecule has 0 aromatic carbocycles. The highest BCUT2D eigenvalue weighted by molar-refractivity contribution is 5.00. The molecule has 0 saturated heterocycles. The van der Waals surface area contributed by atoms with Gasteiger partial charge in [-0.2, -0.15) is 0 Å². The zero-order valence-corrected chi connectivity index (χ0v) is 12.4. The molecule has 0 heterocycles. The molecule has 0 spiro atoms. The summed E-state index contributed by atoms with van der Waals surface area (Å²) in [5.41, 5.74) is 1.31. The maximum atomic E-state index is 4.18. The first-order valence-corrected chi connectivity index (χ1v) is 7.22. The van der Waals surface area contributed by atoms with E-state index < -0.39 is 0 Å². The van der Waals surface area contributed by atoms with Crippen molar-refractivity contribution >= 4 is 0 Å². The summed E-state index contributed by atoms with van der Waals surface area (Å²) in [4.78, 5) is 2.55. The van der Waals surface area contributed by atoms with E-state index in [9.17, 15) is 0 Å². The van der Waals surface area contributed by atoms with E-state index in [1.54, 1.807) is 0 Å². The molecule has 0 aliphatic heterocycles. The summed E-state index contributed by atoms with van der Waals surface area (Å²) in [5.74, 6) is 0. The minimum atomic E-state index is 0.548. The van der Waals surface area contributed by atoms with Crippen molar-refractivity contribution in [3.63, 3.8) is 0 Å². The fraction of sp³-hybridized carbons (Fsp3) is 0.867. The van der Waals surface area contributed by atoms with E-state index in [1.165, 1.54) is 44.3 Å². The van der Waals surface area contributed by atoms with Gasteiger partial charge in [-0.05, 0) is 31.5 Å². The largest absolute Gasteiger partial charge is 0.311 e. The Balaban J connectivity index is 3.89. The van der Waals surface area contributed by atoms with Gasteiger partial charge in [0.05, 0.1) is 0 Å². The molecule has 0 radical (unpaired) electrons. The van der Waals surface area contributed by atoms with Crippen molar-refractivity contribution in [2.24, 2.45) is 0 Å². The Morgan fingerprint density at radius 3 is 2.06 bits per heavy atom. The Morgan fingerprint density at radius 1 is 1.12 bits per heavy atom. The summed E-state index contributed by atoms with van der Waals surface area (Å²) < 4.78 is 0. The average molecular weight is 240 g/mol. The van der Waals surface area contributed by atoms with Crippen LogP contribution in [0, 0.1) is 0 Å². The van der Waals surface area contributed by atoms with Crippen LogP contribution in [0.5, 0.6) is 0 Å². The van der Waals surface area contributed by atoms with Gasteiger partial charge in [-0.15, -0.1) is 0 Å². The Morgan fingerprint density at radius 2 is 1.65 bits per heavy atom. The lowest BCUT2D eigenvalue weighted by Gasteiger charge is -2.23. The topological polar surface area (TPSA) is 15.3 Å². The smallest absolute Gasteiger partial charge is 0.0202 e. The van der Waals surface area contributed by atoms with Gasteiger partial charge in [-0.3, -0.25) is 4.90 Å². The molecule has 0 rings (SSSR count). The van der Waals surface area contributed by atoms with Crippen LogP contribution < -0.4 is 5.32 Å². The second kappa shape index (κ2) is 10.8. The van der Waals surface area contributed by atoms with Crippen LogP contribution in [-0.4, -0.2) is 37.1 Å². The van der Waals surface area contributed by atoms with Gasteiger partial charge in [0.2, 0.25) is 0 Å². The SMILES string of the molecule is C=C(CNC(C)C)CN(CCCC)CCCC. The standard InChI is InChI=1S/C15H32N2/c1-6-8-10-17(11-9-7-2)13-15(5)12-16-14(3)4/h14,16H,5-13H2,1-4H3. The third kappa shape index (κ3) is 10.5. The minimum absolute atomic E-state index is 0.548. The third-order valence-electron chi connectivity index (χ3n) is 2.86. The Bertz CT molecular complexity index is 179. The molecule has 0 bridgehead atoms. The molecule has 0 aromatic rings. The predicted molar refractivity (Wildman–Crippen MR) is 78.5 cm³/mol. The molecule has 0 unspecified atom stereocenters. The molecule has 2 heteroatoms. The summed E-state index contributed by atoms with van der Waals surface area (Å²) in [6, 6.07) is 0.548. The molecule has 0 amide bonds. The Hall–Kier alpha value is -0.340. The summed E-state index contributed by atoms with van der Waals surface area (Å²) in [7, 11) is 0. The molecule has 102 valence electrons. The molecule has 0 atom stereocenters. The van der Waals surface area contributed by atoms with Crippen LogP contribution in [0.4, 0.5) is 0 Å². The van der Waals surface area contributed by atoms with Gasteiger partial charge >= 0.3 is 0 Å². The molecule has 0 fully saturated rings. The van der Waals surface area contributed by atoms with Crippen LogP contribution in [0.25, 0.3) is 0 Å². The van der Waals surface area contributed by atoms with E-state index in [2.05, 4.69) is 44.5 Å². The van der Waals surface area contributed by atoms with Gasteiger partial charge in [0.15, 0.2) is 0 Å². The van der Waals surface area contributed by atoms with E-state index in [1.807, 2.05) is 0 Å². The third-order valence-corrected chi connectivity index (χ3v) is 2.86. The second-order valence-electron chi connectivity index (χ2n) is 5.27. The first-order valence-electron chi connectivity index (χ1n) is 7.22. The lowest BCUT2D eigenvalue weighted by molar-refractivity contribution is 0.284. The first kappa shape index (κ1) is 16.7. The van der Waals surface area contributed by atoms with E-state index in [0.29, 0.717) is 6.04 Å². The lowest BCUT2D eigenvalue weighted by atomic mass is 10.2. The summed E-state index contributed by atoms with van der Waals surface area (Å²) in [6.45, 7) is 17.5. The van der Waals surface area contributed by atoms with Crippen molar-refractivity contribution in [1.29, 1.82) is 0 Å². The van der Waals surface area contributed by atoms with Crippen molar-refractivity contribution < 1.29 is 0 Å². The van der Waals surface area contributed by atoms with E-state index in [-0.39, 0.29) is 0 Å². The van der Waals surface area contributed by atoms with Gasteiger partial charge in [-0.25, -0.2) is 0 Å². The molecule has 0 aliphatic rings. The average Bonchev–Trinajstić information content (AvgIpc) is 2.30. The van der Waals surface area contributed by atoms with Crippen molar-refractivity contribution in [3.8, 4) is 0 Å². The maximum absolute atomic E-state index is 4.18. The van der Waals surface area contributed by atoms with Crippen molar-refractivity contribution in [2.45, 2.75) is 59.4 Å². The number of unbranched alkanes of at least 4 members (excludes halogenated alkanes) is 2. The van der Waals surface area contributed by atoms with Crippen LogP contribution in [0.1, 0.15) is 53.4 Å². The Labute approximate surface area is 108 Å². The zero-order valence-electron chi connectivity index (χ0n) is 12.4. The fourth-order valence-corrected chi connectivity index (χ4v) is 1.75. The van der Waals surface area contributed by atoms with Gasteiger partial charge in [-0.1, -0.05) is 47.1 Å². The van der Waals surface area contributed by atoms with Crippen LogP contribution >= 0.6 is 0 Å². The van der Waals surface area contributed by atoms with Crippen molar-refractivity contribution in [1.82, 2.24) is 10.2 Å². The number of nitrogens with zero attached hydrogens (tertiary/aromatic N) is 1. The second-order valence-corrected chi connectivity index (χ2v) is 5.27. The molecular formula is C15H32N2. The predicted octanol–water partition coefficient (Wildman–Crippen LogP) is 3.44. The van der Waals surface area contributed by atoms with Gasteiger partial charge in [0, 0.05) is 19.1 Å². The quantitative estimate of drug-likeness (QED) is 0.557. The highest BCUT2D eigenvalue weighted by Gasteiger charge is 2.06. The Kier molecular flexibility index (Phi) is 10.6. The summed E-state index contributed by atoms with van der Waals surface area (Å²) >= 11 is 0. The molecule has 0 aromatic heterocycles. The fourth-order valence-electron chi connectivity index (χ4n) is 1.75. The number of hydrogen-bond acceptors (Lipinski definition) is 2. The van der Waals surface area contributed by atoms with Crippen LogP contribution in [0.15, 0.2) is 12.2 Å². The zero-order chi connectivity index (χ0) is 13.1. The number of hydrogen-bond donors (Lipinski definition) is 1. The molecule has 1 N–H and O–H groups in total. The van der Waals surface area contributed by atoms with Gasteiger partial charge in [0.1, 0.15) is 0 Å². The van der Waals surface area contributed by atoms with Crippen LogP contribution in [-0.2, 0) is 0 Å². The number of rotatable bonds is 11. The van der Waals surface area contributed by atoms with Crippen LogP contribution in [0.3, 0.4) is 0 Å². The van der Waals surface area contributed by atoms with Gasteiger partial charge < -0.3 is 5.32 Å². The highest BCUT2D eigenvalue weighted by atomic mass is 15.1. The van der Waals surface area contributed by atoms with E-state index in [4.69, 9.17) is 0 Å². The molecule has 0 saturated carbocycles. The van der Waals surface area contributed by atoms with Crippen LogP contribution in [0.2, 0.25) is 0 Å². The first-order chi connectivity index (χ1) is 8.10. The monoisotopic (exact) mass is 240 g/mol. The maximum Gasteiger partial charge on any atom is 0.0202 e. The molecule has 17 heavy (non-hydrogen) atoms.